The van der Waals surface area contributed by atoms with Crippen molar-refractivity contribution in [1.82, 2.24) is 0 Å². The highest BCUT2D eigenvalue weighted by molar-refractivity contribution is 7.87. The Bertz CT molecular complexity index is 1570. The molecule has 9 heteroatoms. The van der Waals surface area contributed by atoms with E-state index in [0.717, 1.165) is 62.5 Å². The maximum absolute atomic E-state index is 14.2. The van der Waals surface area contributed by atoms with Crippen LogP contribution in [0, 0.1) is 56.7 Å². The minimum Gasteiger partial charge on any atom is -0.460 e. The number of esters is 1. The molecule has 47 heavy (non-hydrogen) atoms. The molecule has 0 spiro atoms. The molecule has 5 aliphatic rings. The van der Waals surface area contributed by atoms with Crippen LogP contribution in [0.25, 0.3) is 0 Å². The Morgan fingerprint density at radius 1 is 0.915 bits per heavy atom. The van der Waals surface area contributed by atoms with Crippen molar-refractivity contribution in [1.29, 1.82) is 0 Å². The molecule has 0 bridgehead atoms. The summed E-state index contributed by atoms with van der Waals surface area (Å²) in [5.41, 5.74) is -5.13. The van der Waals surface area contributed by atoms with Gasteiger partial charge < -0.3 is 8.92 Å². The van der Waals surface area contributed by atoms with Crippen molar-refractivity contribution in [2.24, 2.45) is 56.7 Å². The van der Waals surface area contributed by atoms with Crippen LogP contribution < -0.4 is 0 Å². The van der Waals surface area contributed by atoms with Crippen LogP contribution in [0.1, 0.15) is 105 Å². The number of hydrogen-bond acceptors (Lipinski definition) is 5. The van der Waals surface area contributed by atoms with Gasteiger partial charge in [0.1, 0.15) is 12.4 Å². The Hall–Kier alpha value is -2.29. The molecule has 0 aromatic heterocycles. The molecule has 1 unspecified atom stereocenters. The summed E-state index contributed by atoms with van der Waals surface area (Å²) in [7, 11) is -5.75. The van der Waals surface area contributed by atoms with Gasteiger partial charge in [-0.3, -0.25) is 4.79 Å². The molecule has 5 aliphatic carbocycles. The van der Waals surface area contributed by atoms with E-state index in [2.05, 4.69) is 34.3 Å². The van der Waals surface area contributed by atoms with Gasteiger partial charge >= 0.3 is 21.6 Å². The summed E-state index contributed by atoms with van der Waals surface area (Å²) in [6, 6.07) is 9.84. The van der Waals surface area contributed by atoms with E-state index in [-0.39, 0.29) is 58.3 Å². The van der Waals surface area contributed by atoms with E-state index in [1.54, 1.807) is 6.08 Å². The molecular weight excluding hydrogens is 625 g/mol. The monoisotopic (exact) mass is 676 g/mol. The fraction of sp³-hybridized carbons (Fsp3) is 0.711. The van der Waals surface area contributed by atoms with Crippen LogP contribution in [-0.4, -0.2) is 19.9 Å². The van der Waals surface area contributed by atoms with Crippen LogP contribution in [0.3, 0.4) is 0 Å². The van der Waals surface area contributed by atoms with Crippen molar-refractivity contribution in [3.63, 3.8) is 0 Å². The summed E-state index contributed by atoms with van der Waals surface area (Å²) < 4.78 is 75.0. The third kappa shape index (κ3) is 4.97. The number of carbonyl (C=O) groups is 1. The number of carbonyl (C=O) groups excluding carboxylic acids is 1. The van der Waals surface area contributed by atoms with Gasteiger partial charge in [-0.05, 0) is 122 Å². The summed E-state index contributed by atoms with van der Waals surface area (Å²) in [6.45, 7) is 17.6. The van der Waals surface area contributed by atoms with Crippen LogP contribution in [0.4, 0.5) is 13.2 Å². The van der Waals surface area contributed by atoms with E-state index < -0.39 is 26.5 Å². The number of benzene rings is 1. The first-order valence-corrected chi connectivity index (χ1v) is 18.7. The fourth-order valence-electron chi connectivity index (χ4n) is 12.3. The standard InChI is InChI=1S/C38H51F3O5S/c1-24(2)26-15-20-37(32(42)45-23-25-11-9-8-10-12-25)22-21-35(6)27(31(26)37)13-14-29-34(5)18-17-30(46-47(43,44)38(39,40)41)33(3,4)28(34)16-19-36(29,35)7/h8-12,17,26-29,31H,1,13-16,18-23H2,2-7H3/t26-,27?,28-,29+,31+,34-,35+,36+,37-/m0/s1. The molecule has 0 N–H and O–H groups in total. The van der Waals surface area contributed by atoms with Crippen molar-refractivity contribution in [3.05, 3.63) is 59.9 Å². The minimum absolute atomic E-state index is 0.0399. The van der Waals surface area contributed by atoms with E-state index in [4.69, 9.17) is 8.92 Å². The molecule has 1 aromatic rings. The number of rotatable bonds is 6. The zero-order valence-electron chi connectivity index (χ0n) is 28.7. The molecule has 0 saturated heterocycles. The highest BCUT2D eigenvalue weighted by atomic mass is 32.2. The van der Waals surface area contributed by atoms with Crippen LogP contribution in [-0.2, 0) is 30.4 Å². The average molecular weight is 677 g/mol. The topological polar surface area (TPSA) is 69.7 Å². The normalized spacial score (nSPS) is 41.0. The van der Waals surface area contributed by atoms with Gasteiger partial charge in [0.05, 0.1) is 5.41 Å². The van der Waals surface area contributed by atoms with Gasteiger partial charge in [-0.1, -0.05) is 77.1 Å². The Morgan fingerprint density at radius 3 is 2.23 bits per heavy atom. The molecule has 6 rings (SSSR count). The first kappa shape index (κ1) is 34.6. The SMILES string of the molecule is C=C(C)[C@@H]1CC[C@]2(C(=O)OCc3ccccc3)CC[C@]3(C)C(CC[C@@H]4[C@@]5(C)CC=C(OS(=O)(=O)C(F)(F)F)C(C)(C)[C@@H]5CC[C@]43C)[C@@H]12. The van der Waals surface area contributed by atoms with Gasteiger partial charge in [-0.2, -0.15) is 21.6 Å². The van der Waals surface area contributed by atoms with Crippen LogP contribution in [0.15, 0.2) is 54.3 Å². The minimum atomic E-state index is -5.75. The third-order valence-corrected chi connectivity index (χ3v) is 15.6. The van der Waals surface area contributed by atoms with Crippen molar-refractivity contribution >= 4 is 16.1 Å². The van der Waals surface area contributed by atoms with E-state index in [1.807, 2.05) is 44.2 Å². The number of hydrogen-bond donors (Lipinski definition) is 0. The molecule has 0 heterocycles. The Kier molecular flexibility index (Phi) is 8.17. The largest absolute Gasteiger partial charge is 0.534 e. The molecule has 1 aromatic carbocycles. The van der Waals surface area contributed by atoms with E-state index in [1.165, 1.54) is 0 Å². The molecule has 0 aliphatic heterocycles. The predicted octanol–water partition coefficient (Wildman–Crippen LogP) is 9.75. The van der Waals surface area contributed by atoms with Gasteiger partial charge in [0.15, 0.2) is 0 Å². The van der Waals surface area contributed by atoms with Gasteiger partial charge in [0, 0.05) is 5.41 Å². The number of fused-ring (bicyclic) bond motifs is 7. The van der Waals surface area contributed by atoms with Crippen LogP contribution in [0.2, 0.25) is 0 Å². The second-order valence-electron chi connectivity index (χ2n) is 16.9. The second-order valence-corrected chi connectivity index (χ2v) is 18.4. The molecular formula is C38H51F3O5S. The number of alkyl halides is 3. The summed E-state index contributed by atoms with van der Waals surface area (Å²) in [5.74, 6) is 0.807. The summed E-state index contributed by atoms with van der Waals surface area (Å²) in [4.78, 5) is 14.2. The smallest absolute Gasteiger partial charge is 0.460 e. The lowest BCUT2D eigenvalue weighted by atomic mass is 9.32. The van der Waals surface area contributed by atoms with Crippen molar-refractivity contribution < 1.29 is 35.3 Å². The highest BCUT2D eigenvalue weighted by Gasteiger charge is 2.72. The van der Waals surface area contributed by atoms with Gasteiger partial charge in [0.2, 0.25) is 0 Å². The predicted molar refractivity (Wildman–Crippen MR) is 175 cm³/mol. The van der Waals surface area contributed by atoms with Crippen LogP contribution >= 0.6 is 0 Å². The summed E-state index contributed by atoms with van der Waals surface area (Å²) >= 11 is 0. The van der Waals surface area contributed by atoms with Crippen molar-refractivity contribution in [3.8, 4) is 0 Å². The Balaban J connectivity index is 1.32. The van der Waals surface area contributed by atoms with E-state index in [0.29, 0.717) is 12.3 Å². The fourth-order valence-corrected chi connectivity index (χ4v) is 12.9. The Morgan fingerprint density at radius 2 is 1.60 bits per heavy atom. The van der Waals surface area contributed by atoms with Crippen molar-refractivity contribution in [2.45, 2.75) is 111 Å². The highest BCUT2D eigenvalue weighted by Crippen LogP contribution is 2.77. The van der Waals surface area contributed by atoms with E-state index >= 15 is 0 Å². The average Bonchev–Trinajstić information content (AvgIpc) is 3.39. The number of ether oxygens (including phenoxy) is 1. The lowest BCUT2D eigenvalue weighted by molar-refractivity contribution is -0.232. The van der Waals surface area contributed by atoms with Gasteiger partial charge in [0.25, 0.3) is 0 Å². The van der Waals surface area contributed by atoms with E-state index in [9.17, 15) is 26.4 Å². The zero-order valence-corrected chi connectivity index (χ0v) is 29.5. The Labute approximate surface area is 278 Å². The molecule has 0 amide bonds. The molecule has 9 atom stereocenters. The van der Waals surface area contributed by atoms with Gasteiger partial charge in [-0.15, -0.1) is 0 Å². The molecule has 260 valence electrons. The molecule has 4 fully saturated rings. The second kappa shape index (κ2) is 11.1. The third-order valence-electron chi connectivity index (χ3n) is 14.7. The first-order valence-electron chi connectivity index (χ1n) is 17.3. The maximum atomic E-state index is 14.2. The summed E-state index contributed by atoms with van der Waals surface area (Å²) in [6.07, 6.45) is 9.14. The van der Waals surface area contributed by atoms with Gasteiger partial charge in [-0.25, -0.2) is 0 Å². The lowest BCUT2D eigenvalue weighted by Gasteiger charge is -2.72. The summed E-state index contributed by atoms with van der Waals surface area (Å²) in [5, 5.41) is 0. The van der Waals surface area contributed by atoms with Crippen LogP contribution in [0.5, 0.6) is 0 Å². The maximum Gasteiger partial charge on any atom is 0.534 e. The zero-order chi connectivity index (χ0) is 34.4. The molecule has 4 saturated carbocycles. The molecule has 5 nitrogen and oxygen atoms in total. The number of halogens is 3. The first-order chi connectivity index (χ1) is 21.7. The quantitative estimate of drug-likeness (QED) is 0.130. The van der Waals surface area contributed by atoms with Crippen molar-refractivity contribution in [2.75, 3.05) is 0 Å². The lowest BCUT2D eigenvalue weighted by Crippen LogP contribution is -2.66. The number of allylic oxidation sites excluding steroid dienone is 3. The molecule has 0 radical (unpaired) electrons.